The average molecular weight is 282 g/mol. The first-order valence-electron chi connectivity index (χ1n) is 6.81. The summed E-state index contributed by atoms with van der Waals surface area (Å²) in [6.07, 6.45) is 2.36. The second-order valence-corrected chi connectivity index (χ2v) is 7.29. The van der Waals surface area contributed by atoms with Crippen LogP contribution in [0.1, 0.15) is 19.8 Å². The van der Waals surface area contributed by atoms with E-state index in [1.807, 2.05) is 24.1 Å². The topological polar surface area (TPSA) is 49.4 Å². The Morgan fingerprint density at radius 1 is 1.37 bits per heavy atom. The molecule has 106 valence electrons. The van der Waals surface area contributed by atoms with Gasteiger partial charge >= 0.3 is 0 Å². The summed E-state index contributed by atoms with van der Waals surface area (Å²) >= 11 is 0. The maximum atomic E-state index is 12.1. The highest BCUT2D eigenvalue weighted by molar-refractivity contribution is 7.91. The Bertz CT molecular complexity index is 522. The van der Waals surface area contributed by atoms with E-state index < -0.39 is 9.84 Å². The minimum absolute atomic E-state index is 0.138. The van der Waals surface area contributed by atoms with Crippen LogP contribution in [0.15, 0.2) is 29.2 Å². The molecule has 0 saturated carbocycles. The highest BCUT2D eigenvalue weighted by Crippen LogP contribution is 2.25. The van der Waals surface area contributed by atoms with Gasteiger partial charge in [0, 0.05) is 19.6 Å². The molecule has 19 heavy (non-hydrogen) atoms. The van der Waals surface area contributed by atoms with Crippen molar-refractivity contribution in [3.05, 3.63) is 24.3 Å². The van der Waals surface area contributed by atoms with Crippen molar-refractivity contribution in [1.29, 1.82) is 0 Å². The zero-order valence-electron chi connectivity index (χ0n) is 11.6. The summed E-state index contributed by atoms with van der Waals surface area (Å²) in [7, 11) is -1.21. The number of hydrogen-bond acceptors (Lipinski definition) is 4. The van der Waals surface area contributed by atoms with Crippen molar-refractivity contribution in [1.82, 2.24) is 5.32 Å². The molecule has 1 unspecified atom stereocenters. The van der Waals surface area contributed by atoms with Crippen LogP contribution in [0.5, 0.6) is 0 Å². The molecule has 0 amide bonds. The predicted molar refractivity (Wildman–Crippen MR) is 78.5 cm³/mol. The SMILES string of the molecule is CCS(=O)(=O)c1ccccc1N(C)CC1CCCN1. The molecule has 0 bridgehead atoms. The lowest BCUT2D eigenvalue weighted by Crippen LogP contribution is -2.35. The molecule has 0 radical (unpaired) electrons. The number of rotatable bonds is 5. The van der Waals surface area contributed by atoms with E-state index >= 15 is 0 Å². The summed E-state index contributed by atoms with van der Waals surface area (Å²) in [5.41, 5.74) is 0.804. The molecule has 1 fully saturated rings. The molecule has 1 aromatic rings. The van der Waals surface area contributed by atoms with Gasteiger partial charge in [0.25, 0.3) is 0 Å². The molecule has 0 aliphatic carbocycles. The van der Waals surface area contributed by atoms with Gasteiger partial charge in [0.1, 0.15) is 0 Å². The van der Waals surface area contributed by atoms with Crippen molar-refractivity contribution < 1.29 is 8.42 Å². The molecule has 1 atom stereocenters. The molecule has 4 nitrogen and oxygen atoms in total. The molecule has 0 aromatic heterocycles. The lowest BCUT2D eigenvalue weighted by molar-refractivity contribution is 0.589. The highest BCUT2D eigenvalue weighted by atomic mass is 32.2. The van der Waals surface area contributed by atoms with Crippen molar-refractivity contribution in [2.45, 2.75) is 30.7 Å². The monoisotopic (exact) mass is 282 g/mol. The summed E-state index contributed by atoms with van der Waals surface area (Å²) < 4.78 is 24.2. The third kappa shape index (κ3) is 3.28. The fraction of sp³-hybridized carbons (Fsp3) is 0.571. The fourth-order valence-electron chi connectivity index (χ4n) is 2.53. The summed E-state index contributed by atoms with van der Waals surface area (Å²) in [5.74, 6) is 0.138. The molecule has 1 N–H and O–H groups in total. The average Bonchev–Trinajstić information content (AvgIpc) is 2.91. The first kappa shape index (κ1) is 14.3. The normalized spacial score (nSPS) is 19.6. The van der Waals surface area contributed by atoms with E-state index in [9.17, 15) is 8.42 Å². The first-order valence-corrected chi connectivity index (χ1v) is 8.46. The van der Waals surface area contributed by atoms with E-state index in [1.165, 1.54) is 6.42 Å². The van der Waals surface area contributed by atoms with Crippen LogP contribution in [0.25, 0.3) is 0 Å². The van der Waals surface area contributed by atoms with Crippen LogP contribution in [0, 0.1) is 0 Å². The Hall–Kier alpha value is -1.07. The quantitative estimate of drug-likeness (QED) is 0.892. The Labute approximate surface area is 115 Å². The van der Waals surface area contributed by atoms with E-state index in [0.717, 1.165) is 25.2 Å². The van der Waals surface area contributed by atoms with Gasteiger partial charge in [0.2, 0.25) is 0 Å². The second-order valence-electron chi connectivity index (χ2n) is 5.04. The number of nitrogens with one attached hydrogen (secondary N) is 1. The van der Waals surface area contributed by atoms with E-state index in [4.69, 9.17) is 0 Å². The number of para-hydroxylation sites is 1. The van der Waals surface area contributed by atoms with Gasteiger partial charge in [-0.05, 0) is 31.5 Å². The van der Waals surface area contributed by atoms with Crippen molar-refractivity contribution in [3.8, 4) is 0 Å². The first-order chi connectivity index (χ1) is 9.04. The fourth-order valence-corrected chi connectivity index (χ4v) is 3.67. The predicted octanol–water partition coefficient (Wildman–Crippen LogP) is 1.67. The van der Waals surface area contributed by atoms with E-state index in [1.54, 1.807) is 19.1 Å². The maximum Gasteiger partial charge on any atom is 0.180 e. The number of likely N-dealkylation sites (N-methyl/N-ethyl adjacent to an activating group) is 1. The van der Waals surface area contributed by atoms with Crippen molar-refractivity contribution in [2.75, 3.05) is 30.8 Å². The van der Waals surface area contributed by atoms with Gasteiger partial charge in [-0.15, -0.1) is 0 Å². The molecule has 1 aliphatic heterocycles. The van der Waals surface area contributed by atoms with Crippen LogP contribution < -0.4 is 10.2 Å². The Morgan fingerprint density at radius 2 is 2.11 bits per heavy atom. The van der Waals surface area contributed by atoms with Gasteiger partial charge in [-0.2, -0.15) is 0 Å². The van der Waals surface area contributed by atoms with Crippen LogP contribution in [-0.4, -0.2) is 40.3 Å². The molecule has 2 rings (SSSR count). The Balaban J connectivity index is 2.23. The van der Waals surface area contributed by atoms with E-state index in [-0.39, 0.29) is 5.75 Å². The highest BCUT2D eigenvalue weighted by Gasteiger charge is 2.21. The van der Waals surface area contributed by atoms with Crippen LogP contribution in [-0.2, 0) is 9.84 Å². The third-order valence-corrected chi connectivity index (χ3v) is 5.42. The molecular formula is C14H22N2O2S. The molecule has 1 aliphatic rings. The Morgan fingerprint density at radius 3 is 2.74 bits per heavy atom. The van der Waals surface area contributed by atoms with Gasteiger partial charge in [-0.3, -0.25) is 0 Å². The summed E-state index contributed by atoms with van der Waals surface area (Å²) in [6.45, 7) is 3.59. The standard InChI is InChI=1S/C14H22N2O2S/c1-3-19(17,18)14-9-5-4-8-13(14)16(2)11-12-7-6-10-15-12/h4-5,8-9,12,15H,3,6-7,10-11H2,1-2H3. The van der Waals surface area contributed by atoms with Crippen LogP contribution in [0.3, 0.4) is 0 Å². The van der Waals surface area contributed by atoms with Gasteiger partial charge in [-0.1, -0.05) is 19.1 Å². The minimum Gasteiger partial charge on any atom is -0.372 e. The van der Waals surface area contributed by atoms with Gasteiger partial charge in [0.05, 0.1) is 16.3 Å². The molecule has 1 saturated heterocycles. The smallest absolute Gasteiger partial charge is 0.180 e. The largest absolute Gasteiger partial charge is 0.372 e. The number of benzene rings is 1. The molecule has 1 heterocycles. The Kier molecular flexibility index (Phi) is 4.47. The number of nitrogens with zero attached hydrogens (tertiary/aromatic N) is 1. The third-order valence-electron chi connectivity index (χ3n) is 3.65. The number of anilines is 1. The van der Waals surface area contributed by atoms with Crippen LogP contribution in [0.4, 0.5) is 5.69 Å². The summed E-state index contributed by atoms with van der Waals surface area (Å²) in [4.78, 5) is 2.49. The van der Waals surface area contributed by atoms with E-state index in [0.29, 0.717) is 10.9 Å². The van der Waals surface area contributed by atoms with Crippen LogP contribution >= 0.6 is 0 Å². The molecule has 5 heteroatoms. The lowest BCUT2D eigenvalue weighted by Gasteiger charge is -2.25. The zero-order chi connectivity index (χ0) is 13.9. The maximum absolute atomic E-state index is 12.1. The summed E-state index contributed by atoms with van der Waals surface area (Å²) in [6, 6.07) is 7.72. The van der Waals surface area contributed by atoms with E-state index in [2.05, 4.69) is 5.32 Å². The van der Waals surface area contributed by atoms with Gasteiger partial charge in [-0.25, -0.2) is 8.42 Å². The van der Waals surface area contributed by atoms with Crippen LogP contribution in [0.2, 0.25) is 0 Å². The van der Waals surface area contributed by atoms with Crippen molar-refractivity contribution in [3.63, 3.8) is 0 Å². The number of hydrogen-bond donors (Lipinski definition) is 1. The second kappa shape index (κ2) is 5.92. The van der Waals surface area contributed by atoms with Crippen molar-refractivity contribution in [2.24, 2.45) is 0 Å². The minimum atomic E-state index is -3.17. The molecule has 1 aromatic carbocycles. The zero-order valence-corrected chi connectivity index (χ0v) is 12.4. The van der Waals surface area contributed by atoms with Gasteiger partial charge in [0.15, 0.2) is 9.84 Å². The molecular weight excluding hydrogens is 260 g/mol. The number of sulfone groups is 1. The van der Waals surface area contributed by atoms with Crippen molar-refractivity contribution >= 4 is 15.5 Å². The van der Waals surface area contributed by atoms with Gasteiger partial charge < -0.3 is 10.2 Å². The molecule has 0 spiro atoms. The lowest BCUT2D eigenvalue weighted by atomic mass is 10.2. The summed E-state index contributed by atoms with van der Waals surface area (Å²) in [5, 5.41) is 3.44.